The van der Waals surface area contributed by atoms with Gasteiger partial charge in [0.2, 0.25) is 0 Å². The van der Waals surface area contributed by atoms with Crippen molar-refractivity contribution in [2.75, 3.05) is 19.6 Å². The zero-order valence-corrected chi connectivity index (χ0v) is 12.9. The summed E-state index contributed by atoms with van der Waals surface area (Å²) in [4.78, 5) is 16.7. The third kappa shape index (κ3) is 3.53. The summed E-state index contributed by atoms with van der Waals surface area (Å²) in [6.45, 7) is 3.58. The molecule has 1 N–H and O–H groups in total. The van der Waals surface area contributed by atoms with Crippen LogP contribution in [0.4, 0.5) is 5.69 Å². The normalized spacial score (nSPS) is 28.5. The van der Waals surface area contributed by atoms with E-state index in [2.05, 4.69) is 4.99 Å². The molecule has 5 nitrogen and oxygen atoms in total. The van der Waals surface area contributed by atoms with Crippen LogP contribution < -0.4 is 4.90 Å². The molecule has 2 aliphatic rings. The molecule has 0 spiro atoms. The molecule has 0 amide bonds. The molecule has 22 heavy (non-hydrogen) atoms. The van der Waals surface area contributed by atoms with Gasteiger partial charge in [0.15, 0.2) is 0 Å². The molecule has 2 aliphatic heterocycles. The SMILES string of the molecule is O=[N+]([O-])c1ccc(C=NC[C@@H]2CCC[NH+]3CCCC[C@H]23)cc1. The summed E-state index contributed by atoms with van der Waals surface area (Å²) in [7, 11) is 0. The standard InChI is InChI=1S/C17H23N3O2/c21-20(22)16-8-6-14(7-9-16)12-18-13-15-4-3-11-19-10-2-1-5-17(15)19/h6-9,12,15,17H,1-5,10-11,13H2/p+1/t15-,17+/m0/s1. The number of quaternary nitrogens is 1. The molecule has 0 bridgehead atoms. The largest absolute Gasteiger partial charge is 0.332 e. The van der Waals surface area contributed by atoms with Gasteiger partial charge >= 0.3 is 0 Å². The zero-order chi connectivity index (χ0) is 15.4. The highest BCUT2D eigenvalue weighted by molar-refractivity contribution is 5.79. The van der Waals surface area contributed by atoms with Crippen LogP contribution in [-0.4, -0.2) is 36.8 Å². The van der Waals surface area contributed by atoms with Gasteiger partial charge in [-0.3, -0.25) is 15.1 Å². The van der Waals surface area contributed by atoms with Crippen molar-refractivity contribution in [3.63, 3.8) is 0 Å². The molecule has 1 aromatic carbocycles. The quantitative estimate of drug-likeness (QED) is 0.524. The molecular formula is C17H24N3O2+. The average molecular weight is 302 g/mol. The van der Waals surface area contributed by atoms with Gasteiger partial charge in [-0.2, -0.15) is 0 Å². The number of rotatable bonds is 4. The Labute approximate surface area is 131 Å². The second kappa shape index (κ2) is 7.01. The molecule has 118 valence electrons. The second-order valence-corrected chi connectivity index (χ2v) is 6.51. The molecule has 0 radical (unpaired) electrons. The van der Waals surface area contributed by atoms with Crippen LogP contribution in [0.15, 0.2) is 29.3 Å². The van der Waals surface area contributed by atoms with E-state index in [1.54, 1.807) is 17.0 Å². The monoisotopic (exact) mass is 302 g/mol. The van der Waals surface area contributed by atoms with E-state index in [0.717, 1.165) is 18.2 Å². The number of hydrogen-bond donors (Lipinski definition) is 1. The van der Waals surface area contributed by atoms with Gasteiger partial charge < -0.3 is 4.90 Å². The summed E-state index contributed by atoms with van der Waals surface area (Å²) in [5.74, 6) is 0.707. The van der Waals surface area contributed by atoms with Crippen LogP contribution in [0.1, 0.15) is 37.7 Å². The molecule has 0 aliphatic carbocycles. The van der Waals surface area contributed by atoms with Crippen molar-refractivity contribution in [3.8, 4) is 0 Å². The number of nitro groups is 1. The first-order valence-corrected chi connectivity index (χ1v) is 8.33. The van der Waals surface area contributed by atoms with E-state index in [9.17, 15) is 10.1 Å². The fourth-order valence-electron chi connectivity index (χ4n) is 3.97. The average Bonchev–Trinajstić information content (AvgIpc) is 2.55. The first-order valence-electron chi connectivity index (χ1n) is 8.33. The van der Waals surface area contributed by atoms with Gasteiger partial charge in [0.1, 0.15) is 0 Å². The molecule has 1 unspecified atom stereocenters. The van der Waals surface area contributed by atoms with Crippen LogP contribution in [0, 0.1) is 16.0 Å². The summed E-state index contributed by atoms with van der Waals surface area (Å²) in [6, 6.07) is 7.40. The van der Waals surface area contributed by atoms with Gasteiger partial charge in [-0.15, -0.1) is 0 Å². The number of nitrogens with zero attached hydrogens (tertiary/aromatic N) is 2. The highest BCUT2D eigenvalue weighted by atomic mass is 16.6. The maximum Gasteiger partial charge on any atom is 0.269 e. The lowest BCUT2D eigenvalue weighted by Gasteiger charge is -2.40. The van der Waals surface area contributed by atoms with E-state index >= 15 is 0 Å². The van der Waals surface area contributed by atoms with E-state index < -0.39 is 0 Å². The van der Waals surface area contributed by atoms with Crippen LogP contribution >= 0.6 is 0 Å². The van der Waals surface area contributed by atoms with Gasteiger partial charge in [0, 0.05) is 30.8 Å². The number of aliphatic imine (C=N–C) groups is 1. The van der Waals surface area contributed by atoms with Gasteiger partial charge in [-0.05, 0) is 49.8 Å². The Morgan fingerprint density at radius 2 is 1.95 bits per heavy atom. The van der Waals surface area contributed by atoms with Crippen molar-refractivity contribution in [3.05, 3.63) is 39.9 Å². The predicted molar refractivity (Wildman–Crippen MR) is 86.6 cm³/mol. The van der Waals surface area contributed by atoms with E-state index in [1.165, 1.54) is 57.3 Å². The highest BCUT2D eigenvalue weighted by Gasteiger charge is 2.36. The smallest absolute Gasteiger partial charge is 0.269 e. The number of fused-ring (bicyclic) bond motifs is 1. The number of nitro benzene ring substituents is 1. The molecule has 5 heteroatoms. The Morgan fingerprint density at radius 3 is 2.73 bits per heavy atom. The molecule has 2 fully saturated rings. The topological polar surface area (TPSA) is 59.9 Å². The third-order valence-corrected chi connectivity index (χ3v) is 5.11. The molecule has 2 heterocycles. The van der Waals surface area contributed by atoms with Crippen molar-refractivity contribution in [1.29, 1.82) is 0 Å². The molecule has 0 saturated carbocycles. The van der Waals surface area contributed by atoms with Crippen molar-refractivity contribution < 1.29 is 9.82 Å². The minimum atomic E-state index is -0.372. The fourth-order valence-corrected chi connectivity index (χ4v) is 3.97. The number of piperidine rings is 2. The predicted octanol–water partition coefficient (Wildman–Crippen LogP) is 1.86. The molecular weight excluding hydrogens is 278 g/mol. The summed E-state index contributed by atoms with van der Waals surface area (Å²) in [5.41, 5.74) is 1.07. The minimum absolute atomic E-state index is 0.130. The molecule has 3 rings (SSSR count). The third-order valence-electron chi connectivity index (χ3n) is 5.11. The second-order valence-electron chi connectivity index (χ2n) is 6.51. The van der Waals surface area contributed by atoms with Crippen LogP contribution in [-0.2, 0) is 0 Å². The van der Waals surface area contributed by atoms with Gasteiger partial charge in [-0.1, -0.05) is 0 Å². The summed E-state index contributed by atoms with van der Waals surface area (Å²) < 4.78 is 0. The summed E-state index contributed by atoms with van der Waals surface area (Å²) in [5, 5.41) is 10.6. The summed E-state index contributed by atoms with van der Waals surface area (Å²) in [6.07, 6.45) is 8.59. The van der Waals surface area contributed by atoms with Crippen molar-refractivity contribution in [2.24, 2.45) is 10.9 Å². The Bertz CT molecular complexity index is 539. The Balaban J connectivity index is 1.57. The number of non-ortho nitro benzene ring substituents is 1. The molecule has 1 aromatic rings. The number of benzene rings is 1. The van der Waals surface area contributed by atoms with E-state index in [-0.39, 0.29) is 10.6 Å². The first kappa shape index (κ1) is 15.2. The number of nitrogens with one attached hydrogen (secondary N) is 1. The van der Waals surface area contributed by atoms with Crippen LogP contribution in [0.3, 0.4) is 0 Å². The molecule has 3 atom stereocenters. The Morgan fingerprint density at radius 1 is 1.18 bits per heavy atom. The van der Waals surface area contributed by atoms with Gasteiger partial charge in [-0.25, -0.2) is 0 Å². The Kier molecular flexibility index (Phi) is 4.83. The van der Waals surface area contributed by atoms with E-state index in [0.29, 0.717) is 5.92 Å². The maximum absolute atomic E-state index is 10.6. The highest BCUT2D eigenvalue weighted by Crippen LogP contribution is 2.20. The lowest BCUT2D eigenvalue weighted by molar-refractivity contribution is -0.939. The molecule has 0 aromatic heterocycles. The van der Waals surface area contributed by atoms with Crippen LogP contribution in [0.5, 0.6) is 0 Å². The number of hydrogen-bond acceptors (Lipinski definition) is 3. The van der Waals surface area contributed by atoms with Gasteiger partial charge in [0.05, 0.1) is 24.1 Å². The lowest BCUT2D eigenvalue weighted by atomic mass is 9.83. The molecule has 2 saturated heterocycles. The minimum Gasteiger partial charge on any atom is -0.332 e. The van der Waals surface area contributed by atoms with E-state index in [4.69, 9.17) is 0 Å². The van der Waals surface area contributed by atoms with Gasteiger partial charge in [0.25, 0.3) is 5.69 Å². The van der Waals surface area contributed by atoms with Crippen molar-refractivity contribution >= 4 is 11.9 Å². The lowest BCUT2D eigenvalue weighted by Crippen LogP contribution is -3.18. The zero-order valence-electron chi connectivity index (χ0n) is 12.9. The van der Waals surface area contributed by atoms with Crippen LogP contribution in [0.25, 0.3) is 0 Å². The Hall–Kier alpha value is -1.75. The van der Waals surface area contributed by atoms with Crippen LogP contribution in [0.2, 0.25) is 0 Å². The van der Waals surface area contributed by atoms with Crippen molar-refractivity contribution in [2.45, 2.75) is 38.1 Å². The summed E-state index contributed by atoms with van der Waals surface area (Å²) >= 11 is 0. The fraction of sp³-hybridized carbons (Fsp3) is 0.588. The van der Waals surface area contributed by atoms with Crippen molar-refractivity contribution in [1.82, 2.24) is 0 Å². The first-order chi connectivity index (χ1) is 10.7. The maximum atomic E-state index is 10.6. The van der Waals surface area contributed by atoms with E-state index in [1.807, 2.05) is 6.21 Å².